The Morgan fingerprint density at radius 2 is 2.18 bits per heavy atom. The highest BCUT2D eigenvalue weighted by Gasteiger charge is 2.37. The molecule has 6 heteroatoms. The number of nitrogens with zero attached hydrogens (tertiary/aromatic N) is 4. The summed E-state index contributed by atoms with van der Waals surface area (Å²) in [4.78, 5) is 5.06. The molecule has 3 saturated heterocycles. The third kappa shape index (κ3) is 1.87. The maximum atomic E-state index is 5.76. The number of hydrogen-bond acceptors (Lipinski definition) is 5. The topological polar surface area (TPSA) is 62.4 Å². The molecule has 0 aromatic carbocycles. The monoisotopic (exact) mass is 236 g/mol. The fourth-order valence-corrected chi connectivity index (χ4v) is 3.06. The van der Waals surface area contributed by atoms with E-state index in [4.69, 9.17) is 5.84 Å². The van der Waals surface area contributed by atoms with E-state index in [1.165, 1.54) is 13.1 Å². The Morgan fingerprint density at radius 1 is 1.41 bits per heavy atom. The molecular weight excluding hydrogens is 216 g/mol. The second-order valence-electron chi connectivity index (χ2n) is 4.93. The standard InChI is InChI=1S/C11H20N6/c1-15-9(2-3-13-15)11(14-12)10-8-16-4-6-17(10)7-5-16/h2-3,10-11,14H,4-8,12H2,1H3. The van der Waals surface area contributed by atoms with Gasteiger partial charge in [0.05, 0.1) is 11.7 Å². The largest absolute Gasteiger partial charge is 0.299 e. The summed E-state index contributed by atoms with van der Waals surface area (Å²) >= 11 is 0. The maximum Gasteiger partial charge on any atom is 0.0796 e. The molecule has 2 unspecified atom stereocenters. The van der Waals surface area contributed by atoms with Gasteiger partial charge in [-0.2, -0.15) is 5.10 Å². The Labute approximate surface area is 101 Å². The SMILES string of the molecule is Cn1nccc1C(NN)C1CN2CCN1CC2. The number of nitrogens with two attached hydrogens (primary N) is 1. The van der Waals surface area contributed by atoms with E-state index in [0.717, 1.165) is 25.3 Å². The van der Waals surface area contributed by atoms with Crippen LogP contribution in [0.25, 0.3) is 0 Å². The summed E-state index contributed by atoms with van der Waals surface area (Å²) in [6, 6.07) is 2.66. The fourth-order valence-electron chi connectivity index (χ4n) is 3.06. The summed E-state index contributed by atoms with van der Waals surface area (Å²) in [7, 11) is 1.97. The molecular formula is C11H20N6. The average Bonchev–Trinajstić information content (AvgIpc) is 2.79. The first-order valence-electron chi connectivity index (χ1n) is 6.20. The summed E-state index contributed by atoms with van der Waals surface area (Å²) in [6.07, 6.45) is 1.83. The lowest BCUT2D eigenvalue weighted by molar-refractivity contribution is -0.00487. The summed E-state index contributed by atoms with van der Waals surface area (Å²) in [5, 5.41) is 4.23. The predicted octanol–water partition coefficient (Wildman–Crippen LogP) is -1.08. The third-order valence-electron chi connectivity index (χ3n) is 4.06. The van der Waals surface area contributed by atoms with Gasteiger partial charge in [-0.15, -0.1) is 0 Å². The highest BCUT2D eigenvalue weighted by Crippen LogP contribution is 2.26. The van der Waals surface area contributed by atoms with Gasteiger partial charge in [0.2, 0.25) is 0 Å². The zero-order valence-corrected chi connectivity index (χ0v) is 10.2. The van der Waals surface area contributed by atoms with Crippen molar-refractivity contribution in [2.24, 2.45) is 12.9 Å². The molecule has 1 aromatic heterocycles. The molecule has 3 aliphatic heterocycles. The molecule has 0 aliphatic carbocycles. The number of piperazine rings is 3. The van der Waals surface area contributed by atoms with Crippen molar-refractivity contribution in [1.82, 2.24) is 25.0 Å². The summed E-state index contributed by atoms with van der Waals surface area (Å²) in [6.45, 7) is 5.79. The minimum Gasteiger partial charge on any atom is -0.299 e. The van der Waals surface area contributed by atoms with E-state index < -0.39 is 0 Å². The van der Waals surface area contributed by atoms with Crippen molar-refractivity contribution < 1.29 is 0 Å². The van der Waals surface area contributed by atoms with Crippen LogP contribution in [0.4, 0.5) is 0 Å². The average molecular weight is 236 g/mol. The molecule has 3 fully saturated rings. The van der Waals surface area contributed by atoms with Gasteiger partial charge in [-0.05, 0) is 6.07 Å². The van der Waals surface area contributed by atoms with E-state index in [2.05, 4.69) is 20.3 Å². The fraction of sp³-hybridized carbons (Fsp3) is 0.727. The quantitative estimate of drug-likeness (QED) is 0.516. The zero-order chi connectivity index (χ0) is 11.8. The molecule has 3 N–H and O–H groups in total. The second kappa shape index (κ2) is 4.38. The van der Waals surface area contributed by atoms with Gasteiger partial charge >= 0.3 is 0 Å². The first-order chi connectivity index (χ1) is 8.29. The van der Waals surface area contributed by atoms with Crippen molar-refractivity contribution in [3.05, 3.63) is 18.0 Å². The lowest BCUT2D eigenvalue weighted by Gasteiger charge is -2.49. The van der Waals surface area contributed by atoms with Gasteiger partial charge in [-0.25, -0.2) is 5.43 Å². The Morgan fingerprint density at radius 3 is 2.65 bits per heavy atom. The lowest BCUT2D eigenvalue weighted by atomic mass is 9.98. The number of aromatic nitrogens is 2. The Bertz CT molecular complexity index is 381. The van der Waals surface area contributed by atoms with Crippen LogP contribution in [0.1, 0.15) is 11.7 Å². The van der Waals surface area contributed by atoms with Gasteiger partial charge in [0.25, 0.3) is 0 Å². The van der Waals surface area contributed by atoms with Crippen LogP contribution < -0.4 is 11.3 Å². The molecule has 0 radical (unpaired) electrons. The molecule has 4 heterocycles. The molecule has 0 spiro atoms. The van der Waals surface area contributed by atoms with E-state index in [1.54, 1.807) is 0 Å². The highest BCUT2D eigenvalue weighted by molar-refractivity contribution is 5.11. The molecule has 94 valence electrons. The maximum absolute atomic E-state index is 5.76. The minimum absolute atomic E-state index is 0.158. The van der Waals surface area contributed by atoms with E-state index in [0.29, 0.717) is 6.04 Å². The predicted molar refractivity (Wildman–Crippen MR) is 65.1 cm³/mol. The van der Waals surface area contributed by atoms with Crippen LogP contribution in [0.5, 0.6) is 0 Å². The van der Waals surface area contributed by atoms with Crippen molar-refractivity contribution in [3.8, 4) is 0 Å². The van der Waals surface area contributed by atoms with Crippen LogP contribution in [-0.2, 0) is 7.05 Å². The first kappa shape index (κ1) is 11.2. The van der Waals surface area contributed by atoms with Crippen LogP contribution >= 0.6 is 0 Å². The molecule has 17 heavy (non-hydrogen) atoms. The lowest BCUT2D eigenvalue weighted by Crippen LogP contribution is -2.64. The number of rotatable bonds is 3. The number of fused-ring (bicyclic) bond motifs is 3. The molecule has 4 rings (SSSR count). The van der Waals surface area contributed by atoms with E-state index >= 15 is 0 Å². The Balaban J connectivity index is 1.84. The zero-order valence-electron chi connectivity index (χ0n) is 10.2. The third-order valence-corrected chi connectivity index (χ3v) is 4.06. The summed E-state index contributed by atoms with van der Waals surface area (Å²) in [5.41, 5.74) is 4.13. The van der Waals surface area contributed by atoms with Crippen molar-refractivity contribution in [2.45, 2.75) is 12.1 Å². The molecule has 0 amide bonds. The van der Waals surface area contributed by atoms with Crippen LogP contribution in [0, 0.1) is 0 Å². The number of aryl methyl sites for hydroxylation is 1. The molecule has 2 bridgehead atoms. The normalized spacial score (nSPS) is 33.9. The number of hydrazine groups is 1. The Kier molecular flexibility index (Phi) is 2.87. The Hall–Kier alpha value is -0.950. The van der Waals surface area contributed by atoms with Gasteiger partial charge in [0, 0.05) is 52.0 Å². The molecule has 3 aliphatic rings. The molecule has 0 saturated carbocycles. The van der Waals surface area contributed by atoms with Crippen molar-refractivity contribution in [1.29, 1.82) is 0 Å². The van der Waals surface area contributed by atoms with Gasteiger partial charge < -0.3 is 0 Å². The van der Waals surface area contributed by atoms with E-state index in [1.807, 2.05) is 24.0 Å². The smallest absolute Gasteiger partial charge is 0.0796 e. The summed E-state index contributed by atoms with van der Waals surface area (Å²) in [5.74, 6) is 5.76. The van der Waals surface area contributed by atoms with Crippen molar-refractivity contribution in [2.75, 3.05) is 32.7 Å². The highest BCUT2D eigenvalue weighted by atomic mass is 15.4. The van der Waals surface area contributed by atoms with Gasteiger partial charge in [0.1, 0.15) is 0 Å². The number of nitrogens with one attached hydrogen (secondary N) is 1. The first-order valence-corrected chi connectivity index (χ1v) is 6.20. The van der Waals surface area contributed by atoms with E-state index in [-0.39, 0.29) is 6.04 Å². The van der Waals surface area contributed by atoms with Gasteiger partial charge in [0.15, 0.2) is 0 Å². The van der Waals surface area contributed by atoms with Crippen molar-refractivity contribution in [3.63, 3.8) is 0 Å². The van der Waals surface area contributed by atoms with Crippen LogP contribution in [-0.4, -0.2) is 58.3 Å². The second-order valence-corrected chi connectivity index (χ2v) is 4.93. The van der Waals surface area contributed by atoms with Gasteiger partial charge in [-0.3, -0.25) is 20.3 Å². The molecule has 2 atom stereocenters. The summed E-state index contributed by atoms with van der Waals surface area (Å²) < 4.78 is 1.91. The molecule has 6 nitrogen and oxygen atoms in total. The number of hydrogen-bond donors (Lipinski definition) is 2. The molecule has 1 aromatic rings. The minimum atomic E-state index is 0.158. The van der Waals surface area contributed by atoms with E-state index in [9.17, 15) is 0 Å². The van der Waals surface area contributed by atoms with Crippen LogP contribution in [0.15, 0.2) is 12.3 Å². The van der Waals surface area contributed by atoms with Crippen molar-refractivity contribution >= 4 is 0 Å². The van der Waals surface area contributed by atoms with Crippen LogP contribution in [0.3, 0.4) is 0 Å². The van der Waals surface area contributed by atoms with Gasteiger partial charge in [-0.1, -0.05) is 0 Å². The van der Waals surface area contributed by atoms with Crippen LogP contribution in [0.2, 0.25) is 0 Å².